The van der Waals surface area contributed by atoms with Crippen LogP contribution < -0.4 is 4.74 Å². The minimum atomic E-state index is -0.470. The summed E-state index contributed by atoms with van der Waals surface area (Å²) in [4.78, 5) is 13.0. The first kappa shape index (κ1) is 16.8. The third kappa shape index (κ3) is 4.65. The maximum atomic E-state index is 11.9. The molecule has 0 aliphatic heterocycles. The van der Waals surface area contributed by atoms with E-state index in [9.17, 15) is 4.79 Å². The summed E-state index contributed by atoms with van der Waals surface area (Å²) in [6, 6.07) is 6.55. The van der Waals surface area contributed by atoms with Gasteiger partial charge in [-0.15, -0.1) is 21.5 Å². The second-order valence-corrected chi connectivity index (χ2v) is 5.09. The van der Waals surface area contributed by atoms with E-state index in [2.05, 4.69) is 24.0 Å². The second kappa shape index (κ2) is 8.12. The average Bonchev–Trinajstić information content (AvgIpc) is 3.00. The Morgan fingerprint density at radius 1 is 1.33 bits per heavy atom. The molecular formula is C15H17N3O2S. The van der Waals surface area contributed by atoms with Crippen LogP contribution in [-0.2, 0) is 0 Å². The van der Waals surface area contributed by atoms with Crippen molar-refractivity contribution in [3.05, 3.63) is 39.7 Å². The van der Waals surface area contributed by atoms with Crippen LogP contribution in [0.3, 0.4) is 0 Å². The van der Waals surface area contributed by atoms with Crippen molar-refractivity contribution in [2.45, 2.75) is 33.6 Å². The summed E-state index contributed by atoms with van der Waals surface area (Å²) in [7, 11) is 0. The van der Waals surface area contributed by atoms with Crippen molar-refractivity contribution in [2.75, 3.05) is 0 Å². The number of aromatic nitrogens is 2. The molecule has 0 saturated heterocycles. The van der Waals surface area contributed by atoms with Gasteiger partial charge in [0.15, 0.2) is 5.69 Å². The third-order valence-electron chi connectivity index (χ3n) is 2.38. The Bertz CT molecular complexity index is 627. The van der Waals surface area contributed by atoms with Crippen molar-refractivity contribution < 1.29 is 9.53 Å². The van der Waals surface area contributed by atoms with Crippen molar-refractivity contribution in [2.24, 2.45) is 0 Å². The van der Waals surface area contributed by atoms with Crippen LogP contribution in [0.1, 0.15) is 54.5 Å². The predicted octanol–water partition coefficient (Wildman–Crippen LogP) is 3.78. The van der Waals surface area contributed by atoms with Gasteiger partial charge in [-0.3, -0.25) is 0 Å². The van der Waals surface area contributed by atoms with Crippen molar-refractivity contribution in [3.8, 4) is 11.9 Å². The van der Waals surface area contributed by atoms with Gasteiger partial charge < -0.3 is 4.74 Å². The van der Waals surface area contributed by atoms with E-state index in [1.807, 2.05) is 26.0 Å². The number of thiophene rings is 1. The lowest BCUT2D eigenvalue weighted by atomic mass is 10.1. The smallest absolute Gasteiger partial charge is 0.345 e. The lowest BCUT2D eigenvalue weighted by Crippen LogP contribution is -2.09. The highest BCUT2D eigenvalue weighted by Gasteiger charge is 2.13. The maximum absolute atomic E-state index is 11.9. The zero-order valence-electron chi connectivity index (χ0n) is 12.5. The topological polar surface area (TPSA) is 75.9 Å². The zero-order chi connectivity index (χ0) is 15.8. The molecule has 0 aliphatic carbocycles. The Labute approximate surface area is 128 Å². The van der Waals surface area contributed by atoms with E-state index in [1.165, 1.54) is 23.5 Å². The molecule has 110 valence electrons. The summed E-state index contributed by atoms with van der Waals surface area (Å²) in [5.74, 6) is -0.00953. The van der Waals surface area contributed by atoms with Gasteiger partial charge in [0.1, 0.15) is 6.07 Å². The number of hydrogen-bond acceptors (Lipinski definition) is 6. The third-order valence-corrected chi connectivity index (χ3v) is 3.61. The molecule has 0 bridgehead atoms. The monoisotopic (exact) mass is 303 g/mol. The number of ether oxygens (including phenoxy) is 1. The molecule has 2 aromatic rings. The average molecular weight is 303 g/mol. The van der Waals surface area contributed by atoms with Gasteiger partial charge in [-0.25, -0.2) is 4.79 Å². The minimum absolute atomic E-state index is 0.0845. The van der Waals surface area contributed by atoms with Gasteiger partial charge in [-0.05, 0) is 18.1 Å². The molecule has 0 N–H and O–H groups in total. The number of nitriles is 1. The van der Waals surface area contributed by atoms with Gasteiger partial charge in [0.2, 0.25) is 5.88 Å². The van der Waals surface area contributed by atoms with E-state index < -0.39 is 5.97 Å². The van der Waals surface area contributed by atoms with E-state index in [0.717, 1.165) is 4.88 Å². The van der Waals surface area contributed by atoms with Gasteiger partial charge in [-0.2, -0.15) is 5.26 Å². The summed E-state index contributed by atoms with van der Waals surface area (Å²) >= 11 is 1.52. The first-order chi connectivity index (χ1) is 10.1. The quantitative estimate of drug-likeness (QED) is 0.806. The maximum Gasteiger partial charge on any atom is 0.345 e. The normalized spacial score (nSPS) is 9.52. The summed E-state index contributed by atoms with van der Waals surface area (Å²) in [6.07, 6.45) is 0. The molecular weight excluding hydrogens is 286 g/mol. The van der Waals surface area contributed by atoms with Crippen molar-refractivity contribution in [3.63, 3.8) is 0 Å². The molecule has 0 amide bonds. The first-order valence-electron chi connectivity index (χ1n) is 6.64. The summed E-state index contributed by atoms with van der Waals surface area (Å²) in [5, 5.41) is 17.6. The van der Waals surface area contributed by atoms with Crippen LogP contribution in [0.15, 0.2) is 23.6 Å². The number of esters is 1. The molecule has 2 aromatic heterocycles. The highest BCUT2D eigenvalue weighted by atomic mass is 32.1. The highest BCUT2D eigenvalue weighted by molar-refractivity contribution is 7.10. The first-order valence-corrected chi connectivity index (χ1v) is 7.52. The van der Waals surface area contributed by atoms with E-state index in [1.54, 1.807) is 5.38 Å². The molecule has 0 aromatic carbocycles. The molecule has 21 heavy (non-hydrogen) atoms. The Kier molecular flexibility index (Phi) is 6.50. The number of carbonyl (C=O) groups excluding carboxylic acids is 1. The fraction of sp³-hybridized carbons (Fsp3) is 0.333. The highest BCUT2D eigenvalue weighted by Crippen LogP contribution is 2.23. The van der Waals surface area contributed by atoms with Crippen LogP contribution in [0.5, 0.6) is 5.88 Å². The Morgan fingerprint density at radius 2 is 2.05 bits per heavy atom. The minimum Gasteiger partial charge on any atom is -0.402 e. The standard InChI is InChI=1S/C13H11N3O2S.C2H6/c1-8(2)11-5-9(7-19-11)13(17)18-12-4-3-10(6-14)15-16-12;1-2/h3-5,7-8H,1-2H3;1-2H3. The van der Waals surface area contributed by atoms with Crippen LogP contribution in [-0.4, -0.2) is 16.2 Å². The SMILES string of the molecule is CC.CC(C)c1cc(C(=O)Oc2ccc(C#N)nn2)cs1. The molecule has 6 heteroatoms. The molecule has 0 aliphatic rings. The van der Waals surface area contributed by atoms with Gasteiger partial charge in [0.05, 0.1) is 5.56 Å². The van der Waals surface area contributed by atoms with Crippen molar-refractivity contribution in [1.82, 2.24) is 10.2 Å². The number of rotatable bonds is 3. The Hall–Kier alpha value is -2.26. The van der Waals surface area contributed by atoms with Gasteiger partial charge in [-0.1, -0.05) is 27.7 Å². The summed E-state index contributed by atoms with van der Waals surface area (Å²) < 4.78 is 5.08. The second-order valence-electron chi connectivity index (χ2n) is 4.15. The number of carbonyl (C=O) groups is 1. The molecule has 0 unspecified atom stereocenters. The van der Waals surface area contributed by atoms with E-state index in [0.29, 0.717) is 11.5 Å². The van der Waals surface area contributed by atoms with Crippen molar-refractivity contribution >= 4 is 17.3 Å². The lowest BCUT2D eigenvalue weighted by Gasteiger charge is -2.00. The number of hydrogen-bond donors (Lipinski definition) is 0. The Morgan fingerprint density at radius 3 is 2.52 bits per heavy atom. The van der Waals surface area contributed by atoms with Crippen LogP contribution in [0, 0.1) is 11.3 Å². The van der Waals surface area contributed by atoms with Gasteiger partial charge in [0, 0.05) is 16.3 Å². The van der Waals surface area contributed by atoms with Crippen LogP contribution in [0.25, 0.3) is 0 Å². The van der Waals surface area contributed by atoms with E-state index >= 15 is 0 Å². The molecule has 0 spiro atoms. The van der Waals surface area contributed by atoms with Gasteiger partial charge >= 0.3 is 5.97 Å². The molecule has 0 fully saturated rings. The van der Waals surface area contributed by atoms with Crippen LogP contribution >= 0.6 is 11.3 Å². The van der Waals surface area contributed by atoms with Crippen LogP contribution in [0.4, 0.5) is 0 Å². The van der Waals surface area contributed by atoms with Crippen molar-refractivity contribution in [1.29, 1.82) is 5.26 Å². The lowest BCUT2D eigenvalue weighted by molar-refractivity contribution is 0.0726. The van der Waals surface area contributed by atoms with E-state index in [4.69, 9.17) is 10.00 Å². The molecule has 5 nitrogen and oxygen atoms in total. The molecule has 0 radical (unpaired) electrons. The Balaban J connectivity index is 0.00000106. The summed E-state index contributed by atoms with van der Waals surface area (Å²) in [5.41, 5.74) is 0.678. The molecule has 2 rings (SSSR count). The predicted molar refractivity (Wildman–Crippen MR) is 81.5 cm³/mol. The molecule has 0 saturated carbocycles. The van der Waals surface area contributed by atoms with Gasteiger partial charge in [0.25, 0.3) is 0 Å². The molecule has 2 heterocycles. The van der Waals surface area contributed by atoms with Crippen LogP contribution in [0.2, 0.25) is 0 Å². The van der Waals surface area contributed by atoms with E-state index in [-0.39, 0.29) is 11.6 Å². The molecule has 0 atom stereocenters. The summed E-state index contributed by atoms with van der Waals surface area (Å²) in [6.45, 7) is 8.13. The number of nitrogens with zero attached hydrogens (tertiary/aromatic N) is 3. The zero-order valence-corrected chi connectivity index (χ0v) is 13.3. The fourth-order valence-corrected chi connectivity index (χ4v) is 2.25. The largest absolute Gasteiger partial charge is 0.402 e. The fourth-order valence-electron chi connectivity index (χ4n) is 1.35.